The molecule has 0 unspecified atom stereocenters. The number of hydrogen-bond donors (Lipinski definition) is 1. The Morgan fingerprint density at radius 3 is 2.46 bits per heavy atom. The Morgan fingerprint density at radius 1 is 1.11 bits per heavy atom. The summed E-state index contributed by atoms with van der Waals surface area (Å²) in [5, 5.41) is 20.8. The van der Waals surface area contributed by atoms with Crippen LogP contribution in [-0.4, -0.2) is 22.0 Å². The van der Waals surface area contributed by atoms with Gasteiger partial charge < -0.3 is 14.5 Å². The summed E-state index contributed by atoms with van der Waals surface area (Å²) in [6.45, 7) is 0. The van der Waals surface area contributed by atoms with Gasteiger partial charge >= 0.3 is 11.9 Å². The monoisotopic (exact) mass is 480 g/mol. The van der Waals surface area contributed by atoms with Crippen LogP contribution in [0.3, 0.4) is 0 Å². The molecule has 11 heteroatoms. The van der Waals surface area contributed by atoms with Gasteiger partial charge in [-0.25, -0.2) is 4.98 Å². The number of nitrogens with zero attached hydrogens (tertiary/aromatic N) is 3. The van der Waals surface area contributed by atoms with E-state index in [1.807, 2.05) is 0 Å². The van der Waals surface area contributed by atoms with Crippen LogP contribution in [0.5, 0.6) is 17.2 Å². The van der Waals surface area contributed by atoms with Crippen molar-refractivity contribution >= 4 is 28.4 Å². The highest BCUT2D eigenvalue weighted by atomic mass is 19.4. The van der Waals surface area contributed by atoms with Crippen LogP contribution in [0.25, 0.3) is 22.7 Å². The molecule has 3 aromatic carbocycles. The quantitative estimate of drug-likeness (QED) is 0.195. The maximum absolute atomic E-state index is 12.9. The average molecular weight is 480 g/mol. The van der Waals surface area contributed by atoms with Crippen LogP contribution < -0.4 is 9.47 Å². The Bertz CT molecular complexity index is 1490. The molecule has 0 atom stereocenters. The molecule has 0 amide bonds. The smallest absolute Gasteiger partial charge is 0.416 e. The highest BCUT2D eigenvalue weighted by Crippen LogP contribution is 2.38. The van der Waals surface area contributed by atoms with Gasteiger partial charge in [-0.2, -0.15) is 18.4 Å². The normalized spacial score (nSPS) is 11.8. The van der Waals surface area contributed by atoms with Crippen LogP contribution in [0.2, 0.25) is 0 Å². The predicted molar refractivity (Wildman–Crippen MR) is 121 cm³/mol. The molecule has 0 aliphatic heterocycles. The van der Waals surface area contributed by atoms with E-state index in [0.717, 1.165) is 6.07 Å². The first-order valence-corrected chi connectivity index (χ1v) is 9.97. The molecule has 1 N–H and O–H groups in total. The number of methoxy groups -OCH3 is 1. The number of nitro benzene ring substituents is 1. The molecule has 0 saturated heterocycles. The molecule has 1 heterocycles. The number of hydrogen-bond acceptors (Lipinski definition) is 6. The topological polar surface area (TPSA) is 114 Å². The van der Waals surface area contributed by atoms with Gasteiger partial charge in [-0.1, -0.05) is 12.1 Å². The largest absolute Gasteiger partial charge is 0.497 e. The molecule has 0 aliphatic carbocycles. The fourth-order valence-corrected chi connectivity index (χ4v) is 3.25. The Morgan fingerprint density at radius 2 is 1.83 bits per heavy atom. The lowest BCUT2D eigenvalue weighted by Gasteiger charge is -2.10. The van der Waals surface area contributed by atoms with Crippen molar-refractivity contribution in [1.82, 2.24) is 9.97 Å². The van der Waals surface area contributed by atoms with Gasteiger partial charge in [-0.05, 0) is 48.0 Å². The van der Waals surface area contributed by atoms with Crippen molar-refractivity contribution in [1.29, 1.82) is 5.26 Å². The van der Waals surface area contributed by atoms with Gasteiger partial charge in [0.15, 0.2) is 0 Å². The molecule has 1 aromatic heterocycles. The van der Waals surface area contributed by atoms with Gasteiger partial charge in [0.2, 0.25) is 5.75 Å². The van der Waals surface area contributed by atoms with Gasteiger partial charge in [0.05, 0.1) is 34.2 Å². The number of halogens is 3. The predicted octanol–water partition coefficient (Wildman–Crippen LogP) is 6.35. The number of allylic oxidation sites excluding steroid dienone is 1. The van der Waals surface area contributed by atoms with Crippen LogP contribution in [0.15, 0.2) is 60.7 Å². The summed E-state index contributed by atoms with van der Waals surface area (Å²) >= 11 is 0. The Balaban J connectivity index is 1.58. The summed E-state index contributed by atoms with van der Waals surface area (Å²) in [7, 11) is 1.54. The van der Waals surface area contributed by atoms with Crippen molar-refractivity contribution in [2.24, 2.45) is 0 Å². The molecule has 0 spiro atoms. The number of rotatable bonds is 6. The average Bonchev–Trinajstić information content (AvgIpc) is 3.26. The van der Waals surface area contributed by atoms with E-state index in [0.29, 0.717) is 40.3 Å². The number of aromatic nitrogens is 2. The number of alkyl halides is 3. The Kier molecular flexibility index (Phi) is 6.12. The van der Waals surface area contributed by atoms with Gasteiger partial charge in [-0.15, -0.1) is 0 Å². The van der Waals surface area contributed by atoms with Crippen molar-refractivity contribution < 1.29 is 27.6 Å². The van der Waals surface area contributed by atoms with Crippen molar-refractivity contribution in [2.45, 2.75) is 6.18 Å². The second-order valence-corrected chi connectivity index (χ2v) is 7.25. The summed E-state index contributed by atoms with van der Waals surface area (Å²) in [5.74, 6) is 0.830. The summed E-state index contributed by atoms with van der Waals surface area (Å²) in [4.78, 5) is 17.8. The van der Waals surface area contributed by atoms with Crippen LogP contribution in [-0.2, 0) is 6.18 Å². The van der Waals surface area contributed by atoms with Crippen LogP contribution >= 0.6 is 0 Å². The molecular formula is C24H15F3N4O4. The highest BCUT2D eigenvalue weighted by Gasteiger charge is 2.33. The minimum absolute atomic E-state index is 0.166. The SMILES string of the molecule is COc1ccc2nc(C(C#N)=Cc3ccc(Oc4ccc(C(F)(F)F)cc4[N+](=O)[O-])cc3)[nH]c2c1. The lowest BCUT2D eigenvalue weighted by molar-refractivity contribution is -0.385. The van der Waals surface area contributed by atoms with E-state index in [1.165, 1.54) is 12.1 Å². The van der Waals surface area contributed by atoms with E-state index < -0.39 is 22.4 Å². The molecule has 8 nitrogen and oxygen atoms in total. The highest BCUT2D eigenvalue weighted by molar-refractivity contribution is 5.90. The third kappa shape index (κ3) is 5.06. The molecule has 0 saturated carbocycles. The molecule has 0 aliphatic rings. The van der Waals surface area contributed by atoms with Gasteiger partial charge in [0, 0.05) is 12.1 Å². The maximum atomic E-state index is 12.9. The van der Waals surface area contributed by atoms with E-state index >= 15 is 0 Å². The van der Waals surface area contributed by atoms with E-state index in [2.05, 4.69) is 16.0 Å². The maximum Gasteiger partial charge on any atom is 0.416 e. The van der Waals surface area contributed by atoms with Crippen LogP contribution in [0.1, 0.15) is 17.0 Å². The zero-order valence-electron chi connectivity index (χ0n) is 18.0. The second kappa shape index (κ2) is 9.18. The van der Waals surface area contributed by atoms with Gasteiger partial charge in [0.1, 0.15) is 23.4 Å². The molecular weight excluding hydrogens is 465 g/mol. The van der Waals surface area contributed by atoms with Crippen molar-refractivity contribution in [2.75, 3.05) is 7.11 Å². The minimum atomic E-state index is -4.72. The number of H-pyrrole nitrogens is 1. The standard InChI is InChI=1S/C24H15F3N4O4/c1-34-18-7-8-19-20(12-18)30-23(29-19)15(13-28)10-14-2-5-17(6-3-14)35-22-9-4-16(24(25,26)27)11-21(22)31(32)33/h2-12H,1H3,(H,29,30). The van der Waals surface area contributed by atoms with Crippen LogP contribution in [0.4, 0.5) is 18.9 Å². The molecule has 35 heavy (non-hydrogen) atoms. The lowest BCUT2D eigenvalue weighted by Crippen LogP contribution is -2.06. The number of benzene rings is 3. The Labute approximate surface area is 196 Å². The first kappa shape index (κ1) is 23.3. The number of nitrogens with one attached hydrogen (secondary N) is 1. The first-order chi connectivity index (χ1) is 16.7. The van der Waals surface area contributed by atoms with E-state index in [4.69, 9.17) is 9.47 Å². The fraction of sp³-hybridized carbons (Fsp3) is 0.0833. The number of imidazole rings is 1. The molecule has 0 radical (unpaired) electrons. The number of aromatic amines is 1. The number of ether oxygens (including phenoxy) is 2. The molecule has 176 valence electrons. The van der Waals surface area contributed by atoms with Crippen LogP contribution in [0, 0.1) is 21.4 Å². The first-order valence-electron chi connectivity index (χ1n) is 9.97. The summed E-state index contributed by atoms with van der Waals surface area (Å²) < 4.78 is 49.3. The van der Waals surface area contributed by atoms with E-state index in [9.17, 15) is 28.5 Å². The number of nitro groups is 1. The van der Waals surface area contributed by atoms with E-state index in [-0.39, 0.29) is 17.1 Å². The summed E-state index contributed by atoms with van der Waals surface area (Å²) in [6, 6.07) is 15.5. The van der Waals surface area contributed by atoms with Crippen molar-refractivity contribution in [3.05, 3.63) is 87.7 Å². The molecule has 4 rings (SSSR count). The zero-order chi connectivity index (χ0) is 25.2. The third-order valence-corrected chi connectivity index (χ3v) is 4.97. The van der Waals surface area contributed by atoms with Gasteiger partial charge in [0.25, 0.3) is 0 Å². The zero-order valence-corrected chi connectivity index (χ0v) is 18.0. The summed E-state index contributed by atoms with van der Waals surface area (Å²) in [6.07, 6.45) is -3.14. The third-order valence-electron chi connectivity index (χ3n) is 4.97. The lowest BCUT2D eigenvalue weighted by atomic mass is 10.1. The second-order valence-electron chi connectivity index (χ2n) is 7.25. The Hall–Kier alpha value is -4.85. The molecule has 4 aromatic rings. The molecule has 0 bridgehead atoms. The van der Waals surface area contributed by atoms with Crippen molar-refractivity contribution in [3.8, 4) is 23.3 Å². The molecule has 0 fully saturated rings. The van der Waals surface area contributed by atoms with Crippen molar-refractivity contribution in [3.63, 3.8) is 0 Å². The number of fused-ring (bicyclic) bond motifs is 1. The summed E-state index contributed by atoms with van der Waals surface area (Å²) in [5.41, 5.74) is 0.259. The minimum Gasteiger partial charge on any atom is -0.497 e. The van der Waals surface area contributed by atoms with E-state index in [1.54, 1.807) is 43.5 Å². The number of nitriles is 1. The van der Waals surface area contributed by atoms with Gasteiger partial charge in [-0.3, -0.25) is 10.1 Å². The fourth-order valence-electron chi connectivity index (χ4n) is 3.25.